The van der Waals surface area contributed by atoms with Crippen LogP contribution in [-0.2, 0) is 0 Å². The number of aryl methyl sites for hydroxylation is 1. The summed E-state index contributed by atoms with van der Waals surface area (Å²) in [4.78, 5) is 5.45. The molecule has 3 nitrogen and oxygen atoms in total. The third-order valence-corrected chi connectivity index (χ3v) is 4.22. The van der Waals surface area contributed by atoms with Crippen molar-refractivity contribution in [3.63, 3.8) is 0 Å². The fraction of sp³-hybridized carbons (Fsp3) is 0.353. The summed E-state index contributed by atoms with van der Waals surface area (Å²) in [6.07, 6.45) is 4.54. The number of rotatable bonds is 7. The summed E-state index contributed by atoms with van der Waals surface area (Å²) < 4.78 is 5.60. The van der Waals surface area contributed by atoms with Crippen LogP contribution in [0.25, 0.3) is 0 Å². The number of nitrogens with zero attached hydrogens (tertiary/aromatic N) is 1. The summed E-state index contributed by atoms with van der Waals surface area (Å²) in [7, 11) is 0. The SMILES string of the molecule is CCCOc1cncc(C(N)CSc2ccc(C)cc2)c1. The Kier molecular flexibility index (Phi) is 6.08. The molecule has 0 aliphatic rings. The van der Waals surface area contributed by atoms with Gasteiger partial charge in [-0.3, -0.25) is 4.98 Å². The van der Waals surface area contributed by atoms with E-state index in [9.17, 15) is 0 Å². The van der Waals surface area contributed by atoms with Crippen molar-refractivity contribution >= 4 is 11.8 Å². The average molecular weight is 302 g/mol. The molecule has 1 atom stereocenters. The van der Waals surface area contributed by atoms with Crippen LogP contribution in [0.1, 0.15) is 30.5 Å². The molecule has 21 heavy (non-hydrogen) atoms. The van der Waals surface area contributed by atoms with Crippen LogP contribution in [0.15, 0.2) is 47.6 Å². The monoisotopic (exact) mass is 302 g/mol. The summed E-state index contributed by atoms with van der Waals surface area (Å²) in [5.74, 6) is 1.62. The van der Waals surface area contributed by atoms with Crippen molar-refractivity contribution < 1.29 is 4.74 Å². The van der Waals surface area contributed by atoms with E-state index in [-0.39, 0.29) is 6.04 Å². The molecule has 1 heterocycles. The normalized spacial score (nSPS) is 12.1. The van der Waals surface area contributed by atoms with Crippen LogP contribution >= 0.6 is 11.8 Å². The smallest absolute Gasteiger partial charge is 0.137 e. The van der Waals surface area contributed by atoms with E-state index < -0.39 is 0 Å². The first kappa shape index (κ1) is 15.9. The largest absolute Gasteiger partial charge is 0.492 e. The lowest BCUT2D eigenvalue weighted by Gasteiger charge is -2.13. The van der Waals surface area contributed by atoms with Crippen LogP contribution in [0.5, 0.6) is 5.75 Å². The molecule has 2 N–H and O–H groups in total. The highest BCUT2D eigenvalue weighted by Gasteiger charge is 2.08. The minimum atomic E-state index is -0.0472. The van der Waals surface area contributed by atoms with Crippen molar-refractivity contribution in [1.29, 1.82) is 0 Å². The quantitative estimate of drug-likeness (QED) is 0.786. The van der Waals surface area contributed by atoms with E-state index in [0.29, 0.717) is 6.61 Å². The van der Waals surface area contributed by atoms with Gasteiger partial charge in [-0.1, -0.05) is 24.6 Å². The van der Waals surface area contributed by atoms with Crippen molar-refractivity contribution in [3.05, 3.63) is 53.9 Å². The van der Waals surface area contributed by atoms with Crippen molar-refractivity contribution in [1.82, 2.24) is 4.98 Å². The van der Waals surface area contributed by atoms with Gasteiger partial charge in [-0.2, -0.15) is 0 Å². The Balaban J connectivity index is 1.93. The van der Waals surface area contributed by atoms with Gasteiger partial charge in [0.25, 0.3) is 0 Å². The Morgan fingerprint density at radius 2 is 2.00 bits per heavy atom. The second kappa shape index (κ2) is 8.05. The molecule has 0 aliphatic heterocycles. The van der Waals surface area contributed by atoms with Gasteiger partial charge >= 0.3 is 0 Å². The van der Waals surface area contributed by atoms with E-state index in [1.807, 2.05) is 12.3 Å². The first-order chi connectivity index (χ1) is 10.2. The second-order valence-corrected chi connectivity index (χ2v) is 6.13. The van der Waals surface area contributed by atoms with Crippen molar-refractivity contribution in [2.75, 3.05) is 12.4 Å². The first-order valence-corrected chi connectivity index (χ1v) is 8.20. The Morgan fingerprint density at radius 3 is 2.71 bits per heavy atom. The van der Waals surface area contributed by atoms with Gasteiger partial charge in [0.1, 0.15) is 5.75 Å². The van der Waals surface area contributed by atoms with Gasteiger partial charge in [0.2, 0.25) is 0 Å². The number of aromatic nitrogens is 1. The lowest BCUT2D eigenvalue weighted by atomic mass is 10.1. The molecular formula is C17H22N2OS. The average Bonchev–Trinajstić information content (AvgIpc) is 2.52. The van der Waals surface area contributed by atoms with E-state index in [2.05, 4.69) is 43.1 Å². The molecule has 0 radical (unpaired) electrons. The predicted molar refractivity (Wildman–Crippen MR) is 88.9 cm³/mol. The van der Waals surface area contributed by atoms with E-state index in [4.69, 9.17) is 10.5 Å². The minimum Gasteiger partial charge on any atom is -0.492 e. The molecule has 1 aromatic heterocycles. The number of hydrogen-bond acceptors (Lipinski definition) is 4. The van der Waals surface area contributed by atoms with Gasteiger partial charge < -0.3 is 10.5 Å². The lowest BCUT2D eigenvalue weighted by Crippen LogP contribution is -2.13. The summed E-state index contributed by atoms with van der Waals surface area (Å²) >= 11 is 1.76. The van der Waals surface area contributed by atoms with Crippen molar-refractivity contribution in [2.24, 2.45) is 5.73 Å². The van der Waals surface area contributed by atoms with Crippen LogP contribution in [0.2, 0.25) is 0 Å². The summed E-state index contributed by atoms with van der Waals surface area (Å²) in [6.45, 7) is 4.88. The van der Waals surface area contributed by atoms with Crippen molar-refractivity contribution in [2.45, 2.75) is 31.2 Å². The lowest BCUT2D eigenvalue weighted by molar-refractivity contribution is 0.315. The molecule has 112 valence electrons. The molecule has 2 aromatic rings. The molecule has 4 heteroatoms. The molecule has 0 spiro atoms. The van der Waals surface area contributed by atoms with Gasteiger partial charge in [0.15, 0.2) is 0 Å². The van der Waals surface area contributed by atoms with Gasteiger partial charge in [-0.15, -0.1) is 11.8 Å². The summed E-state index contributed by atoms with van der Waals surface area (Å²) in [5.41, 5.74) is 8.54. The van der Waals surface area contributed by atoms with Crippen LogP contribution in [0.4, 0.5) is 0 Å². The molecular weight excluding hydrogens is 280 g/mol. The molecule has 0 saturated carbocycles. The molecule has 0 amide bonds. The molecule has 0 aliphatic carbocycles. The molecule has 0 bridgehead atoms. The fourth-order valence-electron chi connectivity index (χ4n) is 1.85. The highest BCUT2D eigenvalue weighted by Crippen LogP contribution is 2.25. The highest BCUT2D eigenvalue weighted by atomic mass is 32.2. The van der Waals surface area contributed by atoms with Gasteiger partial charge in [0, 0.05) is 22.9 Å². The third kappa shape index (κ3) is 5.06. The zero-order valence-electron chi connectivity index (χ0n) is 12.6. The van der Waals surface area contributed by atoms with Crippen LogP contribution in [-0.4, -0.2) is 17.3 Å². The zero-order chi connectivity index (χ0) is 15.1. The molecule has 0 saturated heterocycles. The Hall–Kier alpha value is -1.52. The maximum absolute atomic E-state index is 6.25. The minimum absolute atomic E-state index is 0.0472. The van der Waals surface area contributed by atoms with Crippen LogP contribution in [0, 0.1) is 6.92 Å². The molecule has 2 rings (SSSR count). The van der Waals surface area contributed by atoms with Gasteiger partial charge in [0.05, 0.1) is 12.8 Å². The number of benzene rings is 1. The topological polar surface area (TPSA) is 48.1 Å². The molecule has 1 unspecified atom stereocenters. The maximum atomic E-state index is 6.25. The predicted octanol–water partition coefficient (Wildman–Crippen LogP) is 3.97. The standard InChI is InChI=1S/C17H22N2OS/c1-3-8-20-15-9-14(10-19-11-15)17(18)12-21-16-6-4-13(2)5-7-16/h4-7,9-11,17H,3,8,12,18H2,1-2H3. The molecule has 0 fully saturated rings. The van der Waals surface area contributed by atoms with E-state index in [1.165, 1.54) is 10.5 Å². The van der Waals surface area contributed by atoms with E-state index in [0.717, 1.165) is 23.5 Å². The van der Waals surface area contributed by atoms with Crippen LogP contribution in [0.3, 0.4) is 0 Å². The number of nitrogens with two attached hydrogens (primary N) is 1. The van der Waals surface area contributed by atoms with E-state index >= 15 is 0 Å². The summed E-state index contributed by atoms with van der Waals surface area (Å²) in [5, 5.41) is 0. The zero-order valence-corrected chi connectivity index (χ0v) is 13.4. The third-order valence-electron chi connectivity index (χ3n) is 3.09. The first-order valence-electron chi connectivity index (χ1n) is 7.22. The number of thioether (sulfide) groups is 1. The molecule has 1 aromatic carbocycles. The number of pyridine rings is 1. The second-order valence-electron chi connectivity index (χ2n) is 5.03. The number of hydrogen-bond donors (Lipinski definition) is 1. The Bertz CT molecular complexity index is 557. The maximum Gasteiger partial charge on any atom is 0.137 e. The van der Waals surface area contributed by atoms with Gasteiger partial charge in [-0.05, 0) is 37.1 Å². The van der Waals surface area contributed by atoms with Crippen LogP contribution < -0.4 is 10.5 Å². The van der Waals surface area contributed by atoms with Crippen molar-refractivity contribution in [3.8, 4) is 5.75 Å². The van der Waals surface area contributed by atoms with Gasteiger partial charge in [-0.25, -0.2) is 0 Å². The summed E-state index contributed by atoms with van der Waals surface area (Å²) in [6, 6.07) is 10.4. The Labute approximate surface area is 130 Å². The van der Waals surface area contributed by atoms with E-state index in [1.54, 1.807) is 18.0 Å². The number of ether oxygens (including phenoxy) is 1. The Morgan fingerprint density at radius 1 is 1.24 bits per heavy atom. The fourth-order valence-corrected chi connectivity index (χ4v) is 2.75. The highest BCUT2D eigenvalue weighted by molar-refractivity contribution is 7.99.